The first-order valence-electron chi connectivity index (χ1n) is 6.78. The molecule has 0 aromatic heterocycles. The number of hydrogen-bond acceptors (Lipinski definition) is 2. The van der Waals surface area contributed by atoms with Gasteiger partial charge in [0.1, 0.15) is 0 Å². The van der Waals surface area contributed by atoms with Gasteiger partial charge in [0, 0.05) is 17.3 Å². The lowest BCUT2D eigenvalue weighted by Crippen LogP contribution is -2.54. The highest BCUT2D eigenvalue weighted by atomic mass is 127. The van der Waals surface area contributed by atoms with E-state index in [1.165, 1.54) is 9.15 Å². The van der Waals surface area contributed by atoms with Crippen LogP contribution in [-0.4, -0.2) is 19.0 Å². The highest BCUT2D eigenvalue weighted by Crippen LogP contribution is 2.61. The molecule has 100 valence electrons. The number of hydrogen-bond donors (Lipinski definition) is 0. The predicted molar refractivity (Wildman–Crippen MR) is 80.6 cm³/mol. The quantitative estimate of drug-likeness (QED) is 0.476. The van der Waals surface area contributed by atoms with Gasteiger partial charge in [-0.25, -0.2) is 0 Å². The highest BCUT2D eigenvalue weighted by Gasteiger charge is 2.59. The first-order chi connectivity index (χ1) is 8.42. The third kappa shape index (κ3) is 1.53. The molecule has 0 unspecified atom stereocenters. The molecule has 3 heteroatoms. The summed E-state index contributed by atoms with van der Waals surface area (Å²) in [6, 6.07) is 0. The molecule has 3 aliphatic rings. The SMILES string of the molecule is CC1(C)C(I)=CC[C@@]2(C)C1=CCCC21OCCO1. The summed E-state index contributed by atoms with van der Waals surface area (Å²) in [5.41, 5.74) is 1.63. The van der Waals surface area contributed by atoms with Crippen molar-refractivity contribution in [2.75, 3.05) is 13.2 Å². The van der Waals surface area contributed by atoms with Crippen LogP contribution in [0.3, 0.4) is 0 Å². The fraction of sp³-hybridized carbons (Fsp3) is 0.733. The molecule has 0 radical (unpaired) electrons. The molecule has 2 aliphatic carbocycles. The van der Waals surface area contributed by atoms with E-state index < -0.39 is 0 Å². The molecule has 1 atom stereocenters. The molecule has 0 bridgehead atoms. The van der Waals surface area contributed by atoms with Gasteiger partial charge in [0.25, 0.3) is 0 Å². The molecule has 2 nitrogen and oxygen atoms in total. The van der Waals surface area contributed by atoms with Crippen molar-refractivity contribution in [2.45, 2.75) is 45.8 Å². The van der Waals surface area contributed by atoms with Gasteiger partial charge in [-0.15, -0.1) is 0 Å². The topological polar surface area (TPSA) is 18.5 Å². The first kappa shape index (κ1) is 13.1. The van der Waals surface area contributed by atoms with Gasteiger partial charge in [0.2, 0.25) is 0 Å². The molecule has 1 aliphatic heterocycles. The highest BCUT2D eigenvalue weighted by molar-refractivity contribution is 14.1. The summed E-state index contributed by atoms with van der Waals surface area (Å²) in [5.74, 6) is -0.373. The summed E-state index contributed by atoms with van der Waals surface area (Å²) in [7, 11) is 0. The van der Waals surface area contributed by atoms with Crippen LogP contribution < -0.4 is 0 Å². The monoisotopic (exact) mass is 360 g/mol. The average molecular weight is 360 g/mol. The minimum absolute atomic E-state index is 0.0000778. The molecule has 0 aromatic rings. The first-order valence-corrected chi connectivity index (χ1v) is 7.85. The van der Waals surface area contributed by atoms with E-state index in [1.54, 1.807) is 0 Å². The van der Waals surface area contributed by atoms with E-state index in [4.69, 9.17) is 9.47 Å². The van der Waals surface area contributed by atoms with Crippen LogP contribution in [0.5, 0.6) is 0 Å². The van der Waals surface area contributed by atoms with Gasteiger partial charge in [-0.2, -0.15) is 0 Å². The largest absolute Gasteiger partial charge is 0.347 e. The molecular formula is C15H21IO2. The van der Waals surface area contributed by atoms with Crippen LogP contribution in [0.1, 0.15) is 40.0 Å². The van der Waals surface area contributed by atoms with Crippen LogP contribution in [0.2, 0.25) is 0 Å². The van der Waals surface area contributed by atoms with Crippen molar-refractivity contribution >= 4 is 22.6 Å². The van der Waals surface area contributed by atoms with Crippen molar-refractivity contribution in [2.24, 2.45) is 10.8 Å². The van der Waals surface area contributed by atoms with Crippen LogP contribution in [0.25, 0.3) is 0 Å². The number of allylic oxidation sites excluding steroid dienone is 3. The Morgan fingerprint density at radius 2 is 1.78 bits per heavy atom. The van der Waals surface area contributed by atoms with E-state index >= 15 is 0 Å². The van der Waals surface area contributed by atoms with Crippen LogP contribution in [0.15, 0.2) is 21.3 Å². The van der Waals surface area contributed by atoms with E-state index in [0.29, 0.717) is 0 Å². The summed E-state index contributed by atoms with van der Waals surface area (Å²) >= 11 is 2.49. The molecule has 1 fully saturated rings. The molecule has 3 rings (SSSR count). The van der Waals surface area contributed by atoms with Gasteiger partial charge in [-0.1, -0.05) is 38.5 Å². The molecule has 18 heavy (non-hydrogen) atoms. The Morgan fingerprint density at radius 1 is 1.11 bits per heavy atom. The third-order valence-corrected chi connectivity index (χ3v) is 6.76. The zero-order valence-corrected chi connectivity index (χ0v) is 13.5. The van der Waals surface area contributed by atoms with Crippen molar-refractivity contribution in [1.29, 1.82) is 0 Å². The van der Waals surface area contributed by atoms with E-state index in [-0.39, 0.29) is 16.6 Å². The Kier molecular flexibility index (Phi) is 2.96. The Labute approximate surface area is 123 Å². The van der Waals surface area contributed by atoms with Gasteiger partial charge in [-0.3, -0.25) is 0 Å². The number of fused-ring (bicyclic) bond motifs is 2. The van der Waals surface area contributed by atoms with Gasteiger partial charge in [0.05, 0.1) is 13.2 Å². The van der Waals surface area contributed by atoms with E-state index in [9.17, 15) is 0 Å². The summed E-state index contributed by atoms with van der Waals surface area (Å²) in [4.78, 5) is 0. The van der Waals surface area contributed by atoms with Crippen LogP contribution in [-0.2, 0) is 9.47 Å². The Bertz CT molecular complexity index is 430. The van der Waals surface area contributed by atoms with Crippen molar-refractivity contribution < 1.29 is 9.47 Å². The Hall–Kier alpha value is 0.130. The zero-order chi connectivity index (χ0) is 13.0. The maximum absolute atomic E-state index is 6.09. The van der Waals surface area contributed by atoms with Gasteiger partial charge >= 0.3 is 0 Å². The van der Waals surface area contributed by atoms with Crippen molar-refractivity contribution in [3.05, 3.63) is 21.3 Å². The fourth-order valence-corrected chi connectivity index (χ4v) is 4.43. The second-order valence-electron chi connectivity index (χ2n) is 6.32. The van der Waals surface area contributed by atoms with Crippen LogP contribution >= 0.6 is 22.6 Å². The van der Waals surface area contributed by atoms with Crippen molar-refractivity contribution in [1.82, 2.24) is 0 Å². The summed E-state index contributed by atoms with van der Waals surface area (Å²) in [6.07, 6.45) is 7.89. The normalized spacial score (nSPS) is 37.1. The minimum atomic E-state index is -0.373. The lowest BCUT2D eigenvalue weighted by molar-refractivity contribution is -0.231. The van der Waals surface area contributed by atoms with Crippen LogP contribution in [0.4, 0.5) is 0 Å². The lowest BCUT2D eigenvalue weighted by Gasteiger charge is -2.54. The minimum Gasteiger partial charge on any atom is -0.347 e. The second-order valence-corrected chi connectivity index (χ2v) is 7.48. The van der Waals surface area contributed by atoms with Gasteiger partial charge < -0.3 is 9.47 Å². The Balaban J connectivity index is 2.12. The Morgan fingerprint density at radius 3 is 2.44 bits per heavy atom. The zero-order valence-electron chi connectivity index (χ0n) is 11.4. The molecular weight excluding hydrogens is 339 g/mol. The smallest absolute Gasteiger partial charge is 0.178 e. The number of rotatable bonds is 0. The molecule has 0 N–H and O–H groups in total. The van der Waals surface area contributed by atoms with E-state index in [0.717, 1.165) is 32.5 Å². The lowest BCUT2D eigenvalue weighted by atomic mass is 9.57. The van der Waals surface area contributed by atoms with Crippen molar-refractivity contribution in [3.8, 4) is 0 Å². The standard InChI is InChI=1S/C15H21IO2/c1-13(2)11-5-4-7-15(17-9-10-18-15)14(11,3)8-6-12(13)16/h5-6H,4,7-10H2,1-3H3/t14-/m0/s1. The fourth-order valence-electron chi connectivity index (χ4n) is 3.92. The van der Waals surface area contributed by atoms with E-state index in [2.05, 4.69) is 55.5 Å². The molecule has 1 spiro atoms. The van der Waals surface area contributed by atoms with E-state index in [1.807, 2.05) is 0 Å². The summed E-state index contributed by atoms with van der Waals surface area (Å²) in [5, 5.41) is 0. The summed E-state index contributed by atoms with van der Waals surface area (Å²) in [6.45, 7) is 8.45. The van der Waals surface area contributed by atoms with Crippen LogP contribution in [0, 0.1) is 10.8 Å². The summed E-state index contributed by atoms with van der Waals surface area (Å²) < 4.78 is 13.6. The molecule has 0 saturated carbocycles. The molecule has 0 amide bonds. The second kappa shape index (κ2) is 4.06. The predicted octanol–water partition coefficient (Wildman–Crippen LogP) is 4.20. The van der Waals surface area contributed by atoms with Gasteiger partial charge in [-0.05, 0) is 39.0 Å². The number of halogens is 1. The maximum Gasteiger partial charge on any atom is 0.178 e. The molecule has 1 saturated heterocycles. The maximum atomic E-state index is 6.09. The van der Waals surface area contributed by atoms with Crippen molar-refractivity contribution in [3.63, 3.8) is 0 Å². The number of ether oxygens (including phenoxy) is 2. The molecule has 0 aromatic carbocycles. The third-order valence-electron chi connectivity index (χ3n) is 4.97. The molecule has 1 heterocycles. The average Bonchev–Trinajstić information content (AvgIpc) is 2.78. The van der Waals surface area contributed by atoms with Gasteiger partial charge in [0.15, 0.2) is 5.79 Å².